The number of carbonyl (C=O) groups is 1. The molecule has 2 N–H and O–H groups in total. The molecule has 9 nitrogen and oxygen atoms in total. The van der Waals surface area contributed by atoms with Crippen LogP contribution >= 0.6 is 0 Å². The molecule has 0 saturated carbocycles. The molecule has 1 amide bonds. The number of piperazine rings is 1. The Morgan fingerprint density at radius 1 is 1.19 bits per heavy atom. The summed E-state index contributed by atoms with van der Waals surface area (Å²) in [4.78, 5) is 20.9. The van der Waals surface area contributed by atoms with Crippen LogP contribution in [0.15, 0.2) is 46.0 Å². The van der Waals surface area contributed by atoms with Crippen molar-refractivity contribution in [2.45, 2.75) is 13.0 Å². The lowest BCUT2D eigenvalue weighted by Gasteiger charge is -2.36. The fourth-order valence-corrected chi connectivity index (χ4v) is 3.47. The van der Waals surface area contributed by atoms with Crippen LogP contribution in [0.3, 0.4) is 0 Å². The molecular weight excluding hydrogens is 400 g/mol. The maximum atomic E-state index is 12.5. The summed E-state index contributed by atoms with van der Waals surface area (Å²) in [6, 6.07) is 8.69. The molecule has 2 heterocycles. The minimum absolute atomic E-state index is 0.105. The Bertz CT molecular complexity index is 876. The third-order valence-corrected chi connectivity index (χ3v) is 5.14. The van der Waals surface area contributed by atoms with Gasteiger partial charge in [-0.25, -0.2) is 0 Å². The molecule has 9 heteroatoms. The molecule has 0 spiro atoms. The number of nitrogens with zero attached hydrogens (tertiary/aromatic N) is 3. The fraction of sp³-hybridized carbons (Fsp3) is 0.455. The molecule has 0 radical (unpaired) electrons. The second kappa shape index (κ2) is 10.7. The highest BCUT2D eigenvalue weighted by atomic mass is 16.5. The van der Waals surface area contributed by atoms with Crippen molar-refractivity contribution in [1.29, 1.82) is 0 Å². The Kier molecular flexibility index (Phi) is 7.77. The molecule has 168 valence electrons. The number of benzene rings is 1. The molecule has 1 aromatic heterocycles. The SMILES string of the molecule is CCNC(=NCC(O)c1cc(OC)ccc1OC)N1CCN(C(=O)c2ccco2)CC1. The zero-order valence-electron chi connectivity index (χ0n) is 18.2. The lowest BCUT2D eigenvalue weighted by molar-refractivity contribution is 0.0657. The van der Waals surface area contributed by atoms with Gasteiger partial charge in [-0.2, -0.15) is 0 Å². The number of hydrogen-bond acceptors (Lipinski definition) is 6. The van der Waals surface area contributed by atoms with E-state index in [1.807, 2.05) is 6.92 Å². The van der Waals surface area contributed by atoms with Crippen molar-refractivity contribution in [2.75, 3.05) is 53.5 Å². The summed E-state index contributed by atoms with van der Waals surface area (Å²) < 4.78 is 15.8. The Morgan fingerprint density at radius 3 is 2.55 bits per heavy atom. The number of ether oxygens (including phenoxy) is 2. The van der Waals surface area contributed by atoms with Crippen LogP contribution in [0.1, 0.15) is 29.1 Å². The van der Waals surface area contributed by atoms with Gasteiger partial charge in [0.05, 0.1) is 27.0 Å². The van der Waals surface area contributed by atoms with Gasteiger partial charge in [-0.15, -0.1) is 0 Å². The van der Waals surface area contributed by atoms with E-state index in [4.69, 9.17) is 13.9 Å². The van der Waals surface area contributed by atoms with Gasteiger partial charge < -0.3 is 34.1 Å². The van der Waals surface area contributed by atoms with Crippen LogP contribution in [-0.4, -0.2) is 80.3 Å². The highest BCUT2D eigenvalue weighted by Gasteiger charge is 2.25. The van der Waals surface area contributed by atoms with Crippen molar-refractivity contribution in [3.05, 3.63) is 47.9 Å². The summed E-state index contributed by atoms with van der Waals surface area (Å²) in [5, 5.41) is 14.0. The number of aliphatic hydroxyl groups is 1. The molecule has 0 aliphatic carbocycles. The lowest BCUT2D eigenvalue weighted by atomic mass is 10.1. The lowest BCUT2D eigenvalue weighted by Crippen LogP contribution is -2.53. The summed E-state index contributed by atoms with van der Waals surface area (Å²) in [6.45, 7) is 5.26. The predicted octanol–water partition coefficient (Wildman–Crippen LogP) is 1.75. The topological polar surface area (TPSA) is 99.8 Å². The van der Waals surface area contributed by atoms with Gasteiger partial charge >= 0.3 is 0 Å². The van der Waals surface area contributed by atoms with Crippen molar-refractivity contribution in [1.82, 2.24) is 15.1 Å². The minimum atomic E-state index is -0.847. The van der Waals surface area contributed by atoms with Crippen LogP contribution in [0, 0.1) is 0 Å². The van der Waals surface area contributed by atoms with E-state index in [1.54, 1.807) is 49.5 Å². The largest absolute Gasteiger partial charge is 0.497 e. The number of nitrogens with one attached hydrogen (secondary N) is 1. The van der Waals surface area contributed by atoms with Crippen molar-refractivity contribution in [3.63, 3.8) is 0 Å². The molecule has 1 unspecified atom stereocenters. The summed E-state index contributed by atoms with van der Waals surface area (Å²) in [7, 11) is 3.14. The van der Waals surface area contributed by atoms with E-state index in [2.05, 4.69) is 15.2 Å². The van der Waals surface area contributed by atoms with E-state index < -0.39 is 6.10 Å². The normalized spacial score (nSPS) is 15.5. The monoisotopic (exact) mass is 430 g/mol. The predicted molar refractivity (Wildman–Crippen MR) is 117 cm³/mol. The maximum Gasteiger partial charge on any atom is 0.289 e. The Hall–Kier alpha value is -3.20. The third kappa shape index (κ3) is 5.49. The number of carbonyl (C=O) groups excluding carboxylic acids is 1. The molecule has 1 fully saturated rings. The van der Waals surface area contributed by atoms with Crippen molar-refractivity contribution in [3.8, 4) is 11.5 Å². The van der Waals surface area contributed by atoms with Gasteiger partial charge in [0.1, 0.15) is 17.6 Å². The van der Waals surface area contributed by atoms with Gasteiger partial charge in [-0.1, -0.05) is 0 Å². The summed E-state index contributed by atoms with van der Waals surface area (Å²) in [5.74, 6) is 2.17. The Labute approximate surface area is 182 Å². The van der Waals surface area contributed by atoms with Gasteiger partial charge in [-0.3, -0.25) is 9.79 Å². The third-order valence-electron chi connectivity index (χ3n) is 5.14. The zero-order valence-corrected chi connectivity index (χ0v) is 18.2. The van der Waals surface area contributed by atoms with Crippen molar-refractivity contribution < 1.29 is 23.8 Å². The molecule has 3 rings (SSSR count). The molecule has 31 heavy (non-hydrogen) atoms. The molecule has 1 aliphatic heterocycles. The molecule has 1 saturated heterocycles. The van der Waals surface area contributed by atoms with E-state index in [-0.39, 0.29) is 12.5 Å². The van der Waals surface area contributed by atoms with E-state index in [1.165, 1.54) is 6.26 Å². The number of guanidine groups is 1. The molecular formula is C22H30N4O5. The smallest absolute Gasteiger partial charge is 0.289 e. The summed E-state index contributed by atoms with van der Waals surface area (Å²) in [5.41, 5.74) is 0.621. The van der Waals surface area contributed by atoms with Crippen molar-refractivity contribution in [2.24, 2.45) is 4.99 Å². The van der Waals surface area contributed by atoms with Crippen LogP contribution in [0.2, 0.25) is 0 Å². The maximum absolute atomic E-state index is 12.5. The second-order valence-electron chi connectivity index (χ2n) is 7.07. The minimum Gasteiger partial charge on any atom is -0.497 e. The van der Waals surface area contributed by atoms with Crippen LogP contribution in [0.5, 0.6) is 11.5 Å². The number of furan rings is 1. The number of aliphatic imine (C=N–C) groups is 1. The number of aliphatic hydroxyl groups excluding tert-OH is 1. The molecule has 0 bridgehead atoms. The second-order valence-corrected chi connectivity index (χ2v) is 7.07. The standard InChI is InChI=1S/C22H30N4O5/c1-4-23-22(24-15-18(27)17-14-16(29-2)7-8-19(17)30-3)26-11-9-25(10-12-26)21(28)20-6-5-13-31-20/h5-8,13-14,18,27H,4,9-12,15H2,1-3H3,(H,23,24). The molecule has 1 atom stereocenters. The fourth-order valence-electron chi connectivity index (χ4n) is 3.47. The zero-order chi connectivity index (χ0) is 22.2. The Morgan fingerprint density at radius 2 is 1.94 bits per heavy atom. The highest BCUT2D eigenvalue weighted by Crippen LogP contribution is 2.29. The van der Waals surface area contributed by atoms with Crippen LogP contribution in [0.4, 0.5) is 0 Å². The van der Waals surface area contributed by atoms with Gasteiger partial charge in [0.15, 0.2) is 11.7 Å². The van der Waals surface area contributed by atoms with E-state index >= 15 is 0 Å². The van der Waals surface area contributed by atoms with Crippen LogP contribution in [0.25, 0.3) is 0 Å². The van der Waals surface area contributed by atoms with Gasteiger partial charge in [-0.05, 0) is 37.3 Å². The van der Waals surface area contributed by atoms with Crippen LogP contribution in [-0.2, 0) is 0 Å². The van der Waals surface area contributed by atoms with Gasteiger partial charge in [0, 0.05) is 38.3 Å². The number of rotatable bonds is 7. The summed E-state index contributed by atoms with van der Waals surface area (Å²) in [6.07, 6.45) is 0.655. The number of amides is 1. The number of hydrogen-bond donors (Lipinski definition) is 2. The van der Waals surface area contributed by atoms with Crippen molar-refractivity contribution >= 4 is 11.9 Å². The average molecular weight is 431 g/mol. The highest BCUT2D eigenvalue weighted by molar-refractivity contribution is 5.91. The molecule has 2 aromatic rings. The van der Waals surface area contributed by atoms with E-state index in [0.29, 0.717) is 61.5 Å². The average Bonchev–Trinajstić information content (AvgIpc) is 3.35. The Balaban J connectivity index is 1.65. The first kappa shape index (κ1) is 22.5. The van der Waals surface area contributed by atoms with Gasteiger partial charge in [0.2, 0.25) is 0 Å². The van der Waals surface area contributed by atoms with Crippen LogP contribution < -0.4 is 14.8 Å². The first-order chi connectivity index (χ1) is 15.1. The number of methoxy groups -OCH3 is 2. The van der Waals surface area contributed by atoms with Gasteiger partial charge in [0.25, 0.3) is 5.91 Å². The quantitative estimate of drug-likeness (QED) is 0.510. The van der Waals surface area contributed by atoms with E-state index in [9.17, 15) is 9.90 Å². The van der Waals surface area contributed by atoms with E-state index in [0.717, 1.165) is 0 Å². The summed E-state index contributed by atoms with van der Waals surface area (Å²) >= 11 is 0. The molecule has 1 aliphatic rings. The first-order valence-corrected chi connectivity index (χ1v) is 10.3. The molecule has 1 aromatic carbocycles. The first-order valence-electron chi connectivity index (χ1n) is 10.3.